The third-order valence-electron chi connectivity index (χ3n) is 2.59. The standard InChI is InChI=1S/C12H17BrO/c1-3-9(2)8-12(14)10-6-4-5-7-11(10)13/h4-7,9,12,14H,3,8H2,1-2H3. The van der Waals surface area contributed by atoms with E-state index >= 15 is 0 Å². The molecule has 1 N–H and O–H groups in total. The Labute approximate surface area is 94.3 Å². The van der Waals surface area contributed by atoms with Gasteiger partial charge in [-0.1, -0.05) is 54.4 Å². The van der Waals surface area contributed by atoms with Crippen molar-refractivity contribution in [2.45, 2.75) is 32.8 Å². The fourth-order valence-electron chi connectivity index (χ4n) is 1.42. The van der Waals surface area contributed by atoms with Gasteiger partial charge in [-0.05, 0) is 24.0 Å². The molecule has 0 aliphatic heterocycles. The van der Waals surface area contributed by atoms with E-state index in [1.165, 1.54) is 0 Å². The predicted molar refractivity (Wildman–Crippen MR) is 63.2 cm³/mol. The maximum Gasteiger partial charge on any atom is 0.0803 e. The van der Waals surface area contributed by atoms with Crippen LogP contribution in [0.15, 0.2) is 28.7 Å². The van der Waals surface area contributed by atoms with Crippen molar-refractivity contribution < 1.29 is 5.11 Å². The van der Waals surface area contributed by atoms with Crippen molar-refractivity contribution in [1.82, 2.24) is 0 Å². The highest BCUT2D eigenvalue weighted by Gasteiger charge is 2.13. The van der Waals surface area contributed by atoms with Crippen molar-refractivity contribution in [3.63, 3.8) is 0 Å². The zero-order valence-electron chi connectivity index (χ0n) is 8.70. The Balaban J connectivity index is 2.69. The second-order valence-corrected chi connectivity index (χ2v) is 4.64. The second-order valence-electron chi connectivity index (χ2n) is 3.79. The second kappa shape index (κ2) is 5.52. The Morgan fingerprint density at radius 3 is 2.57 bits per heavy atom. The predicted octanol–water partition coefficient (Wildman–Crippen LogP) is 3.92. The molecule has 0 saturated heterocycles. The van der Waals surface area contributed by atoms with Crippen LogP contribution in [0, 0.1) is 5.92 Å². The summed E-state index contributed by atoms with van der Waals surface area (Å²) < 4.78 is 0.996. The highest BCUT2D eigenvalue weighted by molar-refractivity contribution is 9.10. The molecule has 2 atom stereocenters. The minimum atomic E-state index is -0.347. The molecule has 0 aromatic heterocycles. The largest absolute Gasteiger partial charge is 0.388 e. The molecule has 0 heterocycles. The van der Waals surface area contributed by atoms with E-state index in [9.17, 15) is 5.11 Å². The van der Waals surface area contributed by atoms with Crippen molar-refractivity contribution in [1.29, 1.82) is 0 Å². The van der Waals surface area contributed by atoms with Gasteiger partial charge in [0.15, 0.2) is 0 Å². The van der Waals surface area contributed by atoms with Gasteiger partial charge < -0.3 is 5.11 Å². The fraction of sp³-hybridized carbons (Fsp3) is 0.500. The highest BCUT2D eigenvalue weighted by Crippen LogP contribution is 2.28. The summed E-state index contributed by atoms with van der Waals surface area (Å²) in [6.45, 7) is 4.32. The van der Waals surface area contributed by atoms with Crippen LogP contribution in [-0.2, 0) is 0 Å². The summed E-state index contributed by atoms with van der Waals surface area (Å²) in [5.41, 5.74) is 0.993. The van der Waals surface area contributed by atoms with Gasteiger partial charge in [0.25, 0.3) is 0 Å². The molecule has 1 aromatic carbocycles. The first-order chi connectivity index (χ1) is 6.65. The van der Waals surface area contributed by atoms with Gasteiger partial charge in [0.2, 0.25) is 0 Å². The smallest absolute Gasteiger partial charge is 0.0803 e. The van der Waals surface area contributed by atoms with Crippen LogP contribution in [0.2, 0.25) is 0 Å². The molecule has 2 unspecified atom stereocenters. The monoisotopic (exact) mass is 256 g/mol. The quantitative estimate of drug-likeness (QED) is 0.866. The highest BCUT2D eigenvalue weighted by atomic mass is 79.9. The molecule has 2 heteroatoms. The summed E-state index contributed by atoms with van der Waals surface area (Å²) >= 11 is 3.45. The molecule has 78 valence electrons. The lowest BCUT2D eigenvalue weighted by Gasteiger charge is -2.16. The topological polar surface area (TPSA) is 20.2 Å². The summed E-state index contributed by atoms with van der Waals surface area (Å²) in [5.74, 6) is 0.567. The molecule has 0 aliphatic rings. The SMILES string of the molecule is CCC(C)CC(O)c1ccccc1Br. The van der Waals surface area contributed by atoms with Gasteiger partial charge in [-0.2, -0.15) is 0 Å². The Hall–Kier alpha value is -0.340. The number of aliphatic hydroxyl groups excluding tert-OH is 1. The molecule has 0 fully saturated rings. The lowest BCUT2D eigenvalue weighted by molar-refractivity contribution is 0.146. The maximum absolute atomic E-state index is 9.97. The van der Waals surface area contributed by atoms with Gasteiger partial charge in [-0.25, -0.2) is 0 Å². The van der Waals surface area contributed by atoms with E-state index in [2.05, 4.69) is 29.8 Å². The Morgan fingerprint density at radius 2 is 2.00 bits per heavy atom. The Kier molecular flexibility index (Phi) is 4.63. The maximum atomic E-state index is 9.97. The molecule has 0 radical (unpaired) electrons. The molecular weight excluding hydrogens is 240 g/mol. The van der Waals surface area contributed by atoms with Crippen molar-refractivity contribution in [3.8, 4) is 0 Å². The van der Waals surface area contributed by atoms with Crippen LogP contribution in [0.3, 0.4) is 0 Å². The molecule has 0 spiro atoms. The molecule has 1 aromatic rings. The fourth-order valence-corrected chi connectivity index (χ4v) is 1.97. The molecule has 1 nitrogen and oxygen atoms in total. The number of aliphatic hydroxyl groups is 1. The average molecular weight is 257 g/mol. The first-order valence-corrected chi connectivity index (χ1v) is 5.87. The van der Waals surface area contributed by atoms with Crippen molar-refractivity contribution in [2.24, 2.45) is 5.92 Å². The van der Waals surface area contributed by atoms with Crippen LogP contribution >= 0.6 is 15.9 Å². The number of rotatable bonds is 4. The minimum absolute atomic E-state index is 0.347. The molecular formula is C12H17BrO. The van der Waals surface area contributed by atoms with Gasteiger partial charge in [0, 0.05) is 4.47 Å². The van der Waals surface area contributed by atoms with Crippen LogP contribution in [0.1, 0.15) is 38.4 Å². The first-order valence-electron chi connectivity index (χ1n) is 5.07. The number of hydrogen-bond donors (Lipinski definition) is 1. The van der Waals surface area contributed by atoms with E-state index in [0.717, 1.165) is 22.9 Å². The van der Waals surface area contributed by atoms with E-state index in [1.807, 2.05) is 24.3 Å². The van der Waals surface area contributed by atoms with E-state index in [-0.39, 0.29) is 6.10 Å². The zero-order chi connectivity index (χ0) is 10.6. The summed E-state index contributed by atoms with van der Waals surface area (Å²) in [6.07, 6.45) is 1.60. The van der Waals surface area contributed by atoms with Crippen LogP contribution in [0.25, 0.3) is 0 Å². The lowest BCUT2D eigenvalue weighted by atomic mass is 9.96. The van der Waals surface area contributed by atoms with Gasteiger partial charge in [0.05, 0.1) is 6.10 Å². The van der Waals surface area contributed by atoms with Gasteiger partial charge in [-0.15, -0.1) is 0 Å². The summed E-state index contributed by atoms with van der Waals surface area (Å²) in [6, 6.07) is 7.86. The van der Waals surface area contributed by atoms with E-state index < -0.39 is 0 Å². The van der Waals surface area contributed by atoms with E-state index in [0.29, 0.717) is 5.92 Å². The van der Waals surface area contributed by atoms with Crippen LogP contribution in [0.5, 0.6) is 0 Å². The van der Waals surface area contributed by atoms with Crippen LogP contribution in [0.4, 0.5) is 0 Å². The summed E-state index contributed by atoms with van der Waals surface area (Å²) in [4.78, 5) is 0. The number of halogens is 1. The van der Waals surface area contributed by atoms with E-state index in [4.69, 9.17) is 0 Å². The van der Waals surface area contributed by atoms with Crippen molar-refractivity contribution in [3.05, 3.63) is 34.3 Å². The van der Waals surface area contributed by atoms with Crippen molar-refractivity contribution in [2.75, 3.05) is 0 Å². The Bertz CT molecular complexity index is 285. The molecule has 0 saturated carbocycles. The molecule has 14 heavy (non-hydrogen) atoms. The van der Waals surface area contributed by atoms with Crippen LogP contribution in [-0.4, -0.2) is 5.11 Å². The van der Waals surface area contributed by atoms with Crippen LogP contribution < -0.4 is 0 Å². The summed E-state index contributed by atoms with van der Waals surface area (Å²) in [7, 11) is 0. The summed E-state index contributed by atoms with van der Waals surface area (Å²) in [5, 5.41) is 9.97. The molecule has 0 amide bonds. The van der Waals surface area contributed by atoms with Gasteiger partial charge in [0.1, 0.15) is 0 Å². The zero-order valence-corrected chi connectivity index (χ0v) is 10.3. The van der Waals surface area contributed by atoms with Gasteiger partial charge >= 0.3 is 0 Å². The first kappa shape index (κ1) is 11.7. The lowest BCUT2D eigenvalue weighted by Crippen LogP contribution is -2.04. The third kappa shape index (κ3) is 3.10. The van der Waals surface area contributed by atoms with E-state index in [1.54, 1.807) is 0 Å². The number of hydrogen-bond acceptors (Lipinski definition) is 1. The molecule has 1 rings (SSSR count). The number of benzene rings is 1. The Morgan fingerprint density at radius 1 is 1.36 bits per heavy atom. The third-order valence-corrected chi connectivity index (χ3v) is 3.31. The average Bonchev–Trinajstić information content (AvgIpc) is 2.18. The van der Waals surface area contributed by atoms with Crippen molar-refractivity contribution >= 4 is 15.9 Å². The normalized spacial score (nSPS) is 15.1. The van der Waals surface area contributed by atoms with Gasteiger partial charge in [-0.3, -0.25) is 0 Å². The molecule has 0 bridgehead atoms. The minimum Gasteiger partial charge on any atom is -0.388 e. The molecule has 0 aliphatic carbocycles.